The Labute approximate surface area is 197 Å². The van der Waals surface area contributed by atoms with E-state index in [1.54, 1.807) is 0 Å². The highest BCUT2D eigenvalue weighted by molar-refractivity contribution is 5.78. The molecule has 0 aliphatic heterocycles. The number of hydrogen-bond donors (Lipinski definition) is 5. The van der Waals surface area contributed by atoms with Gasteiger partial charge in [-0.2, -0.15) is 0 Å². The number of aliphatic hydroxyl groups is 1. The van der Waals surface area contributed by atoms with Crippen molar-refractivity contribution in [3.63, 3.8) is 0 Å². The smallest absolute Gasteiger partial charge is 0.224 e. The molecule has 3 rings (SSSR count). The molecule has 6 heteroatoms. The van der Waals surface area contributed by atoms with Crippen molar-refractivity contribution in [2.45, 2.75) is 82.9 Å². The van der Waals surface area contributed by atoms with E-state index >= 15 is 0 Å². The Hall–Kier alpha value is -2.57. The summed E-state index contributed by atoms with van der Waals surface area (Å²) in [5.74, 6) is -0.0691. The van der Waals surface area contributed by atoms with Crippen molar-refractivity contribution in [1.29, 1.82) is 0 Å². The van der Waals surface area contributed by atoms with Gasteiger partial charge in [0.15, 0.2) is 0 Å². The van der Waals surface area contributed by atoms with Gasteiger partial charge in [0, 0.05) is 24.2 Å². The van der Waals surface area contributed by atoms with Crippen molar-refractivity contribution in [1.82, 2.24) is 10.6 Å². The van der Waals surface area contributed by atoms with Crippen LogP contribution >= 0.6 is 0 Å². The first-order chi connectivity index (χ1) is 15.7. The predicted molar refractivity (Wildman–Crippen MR) is 130 cm³/mol. The number of hydrogen-bond acceptors (Lipinski definition) is 5. The van der Waals surface area contributed by atoms with Crippen LogP contribution < -0.4 is 10.6 Å². The third kappa shape index (κ3) is 8.37. The zero-order chi connectivity index (χ0) is 23.8. The minimum atomic E-state index is -0.860. The number of aliphatic hydroxyl groups excluding tert-OH is 1. The molecule has 6 nitrogen and oxygen atoms in total. The molecule has 33 heavy (non-hydrogen) atoms. The molecule has 0 aromatic heterocycles. The molecule has 1 saturated carbocycles. The molecule has 1 amide bonds. The van der Waals surface area contributed by atoms with Gasteiger partial charge in [0.2, 0.25) is 5.91 Å². The van der Waals surface area contributed by atoms with Gasteiger partial charge in [0.05, 0.1) is 12.5 Å². The maximum atomic E-state index is 12.6. The number of nitrogens with one attached hydrogen (secondary N) is 2. The number of rotatable bonds is 9. The number of amides is 1. The number of carbonyl (C=O) groups excluding carboxylic acids is 1. The number of β-amino-alcohol motifs (C(OH)–C–C–N with tert-alkyl or cyclic N) is 1. The molecule has 0 heterocycles. The van der Waals surface area contributed by atoms with Crippen LogP contribution in [0.15, 0.2) is 42.5 Å². The Kier molecular flexibility index (Phi) is 8.75. The maximum Gasteiger partial charge on any atom is 0.224 e. The number of phenols is 2. The second-order valence-electron chi connectivity index (χ2n) is 9.99. The summed E-state index contributed by atoms with van der Waals surface area (Å²) >= 11 is 0. The Balaban J connectivity index is 1.52. The van der Waals surface area contributed by atoms with E-state index in [2.05, 4.69) is 36.6 Å². The van der Waals surface area contributed by atoms with E-state index in [4.69, 9.17) is 0 Å². The van der Waals surface area contributed by atoms with E-state index in [-0.39, 0.29) is 29.5 Å². The standard InChI is InChI=1S/C27H38N2O4/c1-27(2,28-18-25(32)21-14-23(30)16-24(31)15-21)17-20-9-7-8-19(12-20)13-26(33)29-22-10-5-3-4-6-11-22/h7-9,12,14-16,22,25,28,30-32H,3-6,10-11,13,17-18H2,1-2H3,(H,29,33). The van der Waals surface area contributed by atoms with E-state index in [0.717, 1.165) is 30.4 Å². The number of aromatic hydroxyl groups is 2. The molecule has 5 N–H and O–H groups in total. The first kappa shape index (κ1) is 25.1. The van der Waals surface area contributed by atoms with Crippen LogP contribution in [0.25, 0.3) is 0 Å². The highest BCUT2D eigenvalue weighted by Crippen LogP contribution is 2.25. The lowest BCUT2D eigenvalue weighted by molar-refractivity contribution is -0.121. The lowest BCUT2D eigenvalue weighted by atomic mass is 9.93. The first-order valence-electron chi connectivity index (χ1n) is 12.0. The summed E-state index contributed by atoms with van der Waals surface area (Å²) in [7, 11) is 0. The Morgan fingerprint density at radius 3 is 2.30 bits per heavy atom. The molecule has 2 aromatic rings. The van der Waals surface area contributed by atoms with Crippen molar-refractivity contribution in [2.24, 2.45) is 0 Å². The van der Waals surface area contributed by atoms with Crippen molar-refractivity contribution >= 4 is 5.91 Å². The molecule has 1 aliphatic rings. The summed E-state index contributed by atoms with van der Waals surface area (Å²) in [6.45, 7) is 4.40. The van der Waals surface area contributed by atoms with Gasteiger partial charge in [-0.1, -0.05) is 49.9 Å². The molecule has 0 spiro atoms. The van der Waals surface area contributed by atoms with Crippen molar-refractivity contribution in [3.05, 3.63) is 59.2 Å². The molecule has 1 unspecified atom stereocenters. The van der Waals surface area contributed by atoms with Crippen LogP contribution in [0.5, 0.6) is 11.5 Å². The highest BCUT2D eigenvalue weighted by atomic mass is 16.3. The summed E-state index contributed by atoms with van der Waals surface area (Å²) in [6, 6.07) is 12.6. The zero-order valence-corrected chi connectivity index (χ0v) is 19.8. The van der Waals surface area contributed by atoms with E-state index < -0.39 is 6.10 Å². The van der Waals surface area contributed by atoms with Gasteiger partial charge in [0.1, 0.15) is 11.5 Å². The summed E-state index contributed by atoms with van der Waals surface area (Å²) in [6.07, 6.45) is 7.35. The van der Waals surface area contributed by atoms with Crippen molar-refractivity contribution < 1.29 is 20.1 Å². The van der Waals surface area contributed by atoms with Gasteiger partial charge in [-0.3, -0.25) is 4.79 Å². The fourth-order valence-electron chi connectivity index (χ4n) is 4.61. The van der Waals surface area contributed by atoms with Gasteiger partial charge in [-0.25, -0.2) is 0 Å². The second kappa shape index (κ2) is 11.5. The van der Waals surface area contributed by atoms with Crippen LogP contribution in [0.1, 0.15) is 75.2 Å². The second-order valence-corrected chi connectivity index (χ2v) is 9.99. The monoisotopic (exact) mass is 454 g/mol. The van der Waals surface area contributed by atoms with Crippen LogP contribution in [-0.2, 0) is 17.6 Å². The van der Waals surface area contributed by atoms with Crippen LogP contribution in [0, 0.1) is 0 Å². The number of carbonyl (C=O) groups is 1. The molecule has 0 bridgehead atoms. The Morgan fingerprint density at radius 2 is 1.64 bits per heavy atom. The molecular weight excluding hydrogens is 416 g/mol. The van der Waals surface area contributed by atoms with Crippen LogP contribution in [0.4, 0.5) is 0 Å². The molecular formula is C27H38N2O4. The normalized spacial score (nSPS) is 16.2. The lowest BCUT2D eigenvalue weighted by Gasteiger charge is -2.28. The maximum absolute atomic E-state index is 12.6. The fraction of sp³-hybridized carbons (Fsp3) is 0.519. The average Bonchev–Trinajstić information content (AvgIpc) is 3.00. The Morgan fingerprint density at radius 1 is 1.00 bits per heavy atom. The van der Waals surface area contributed by atoms with Crippen molar-refractivity contribution in [3.8, 4) is 11.5 Å². The summed E-state index contributed by atoms with van der Waals surface area (Å²) in [4.78, 5) is 12.6. The summed E-state index contributed by atoms with van der Waals surface area (Å²) < 4.78 is 0. The average molecular weight is 455 g/mol. The predicted octanol–water partition coefficient (Wildman–Crippen LogP) is 4.12. The van der Waals surface area contributed by atoms with E-state index in [9.17, 15) is 20.1 Å². The van der Waals surface area contributed by atoms with Crippen molar-refractivity contribution in [2.75, 3.05) is 6.54 Å². The van der Waals surface area contributed by atoms with Gasteiger partial charge in [-0.05, 0) is 61.9 Å². The third-order valence-electron chi connectivity index (χ3n) is 6.31. The van der Waals surface area contributed by atoms with Crippen LogP contribution in [-0.4, -0.2) is 39.4 Å². The molecule has 1 aliphatic carbocycles. The van der Waals surface area contributed by atoms with Gasteiger partial charge >= 0.3 is 0 Å². The first-order valence-corrected chi connectivity index (χ1v) is 12.0. The molecule has 1 atom stereocenters. The molecule has 2 aromatic carbocycles. The SMILES string of the molecule is CC(C)(Cc1cccc(CC(=O)NC2CCCCCC2)c1)NCC(O)c1cc(O)cc(O)c1. The van der Waals surface area contributed by atoms with E-state index in [0.29, 0.717) is 18.0 Å². The number of phenolic OH excluding ortho intramolecular Hbond substituents is 2. The molecule has 0 saturated heterocycles. The highest BCUT2D eigenvalue weighted by Gasteiger charge is 2.21. The van der Waals surface area contributed by atoms with E-state index in [1.807, 2.05) is 12.1 Å². The zero-order valence-electron chi connectivity index (χ0n) is 19.8. The third-order valence-corrected chi connectivity index (χ3v) is 6.31. The van der Waals surface area contributed by atoms with Crippen LogP contribution in [0.3, 0.4) is 0 Å². The molecule has 0 radical (unpaired) electrons. The quantitative estimate of drug-likeness (QED) is 0.367. The van der Waals surface area contributed by atoms with Crippen LogP contribution in [0.2, 0.25) is 0 Å². The van der Waals surface area contributed by atoms with Gasteiger partial charge in [0.25, 0.3) is 0 Å². The Bertz CT molecular complexity index is 900. The minimum Gasteiger partial charge on any atom is -0.508 e. The van der Waals surface area contributed by atoms with E-state index in [1.165, 1.54) is 43.9 Å². The van der Waals surface area contributed by atoms with Gasteiger partial charge in [-0.15, -0.1) is 0 Å². The summed E-state index contributed by atoms with van der Waals surface area (Å²) in [5, 5.41) is 36.3. The summed E-state index contributed by atoms with van der Waals surface area (Å²) in [5.41, 5.74) is 2.28. The topological polar surface area (TPSA) is 102 Å². The fourth-order valence-corrected chi connectivity index (χ4v) is 4.61. The lowest BCUT2D eigenvalue weighted by Crippen LogP contribution is -2.43. The largest absolute Gasteiger partial charge is 0.508 e. The van der Waals surface area contributed by atoms with Gasteiger partial charge < -0.3 is 26.0 Å². The molecule has 1 fully saturated rings. The molecule has 180 valence electrons. The minimum absolute atomic E-state index is 0.0804. The number of benzene rings is 2.